The van der Waals surface area contributed by atoms with E-state index >= 15 is 0 Å². The van der Waals surface area contributed by atoms with Crippen LogP contribution in [0.4, 0.5) is 68.2 Å². The molecule has 614 valence electrons. The number of rotatable bonds is 10. The monoisotopic (exact) mass is 1580 g/mol. The van der Waals surface area contributed by atoms with Gasteiger partial charge < -0.3 is 19.6 Å². The van der Waals surface area contributed by atoms with Crippen molar-refractivity contribution in [3.05, 3.63) is 267 Å². The molecule has 20 rings (SSSR count). The molecule has 2 heterocycles. The average Bonchev–Trinajstić information content (AvgIpc) is 0.692. The van der Waals surface area contributed by atoms with Crippen LogP contribution < -0.4 is 36.0 Å². The van der Waals surface area contributed by atoms with Gasteiger partial charge in [-0.05, 0) is 348 Å². The van der Waals surface area contributed by atoms with Crippen molar-refractivity contribution in [2.45, 2.75) is 297 Å². The van der Waals surface area contributed by atoms with Gasteiger partial charge in [-0.1, -0.05) is 275 Å². The molecule has 10 aromatic rings. The summed E-state index contributed by atoms with van der Waals surface area (Å²) < 4.78 is 0. The number of nitrogens with zero attached hydrogens (tertiary/aromatic N) is 4. The number of anilines is 12. The molecule has 0 saturated heterocycles. The third-order valence-electron chi connectivity index (χ3n) is 29.5. The van der Waals surface area contributed by atoms with E-state index in [-0.39, 0.29) is 50.0 Å². The minimum Gasteiger partial charge on any atom is -0.311 e. The Kier molecular flexibility index (Phi) is 20.2. The Hall–Kier alpha value is -8.25. The van der Waals surface area contributed by atoms with Crippen molar-refractivity contribution in [3.63, 3.8) is 0 Å². The highest BCUT2D eigenvalue weighted by Crippen LogP contribution is 2.63. The molecule has 0 amide bonds. The van der Waals surface area contributed by atoms with Crippen LogP contribution in [-0.4, -0.2) is 6.71 Å². The highest BCUT2D eigenvalue weighted by atomic mass is 35.5. The molecule has 4 nitrogen and oxygen atoms in total. The molecule has 0 radical (unpaired) electrons. The summed E-state index contributed by atoms with van der Waals surface area (Å²) in [5.74, 6) is 5.44. The summed E-state index contributed by atoms with van der Waals surface area (Å²) in [6.07, 6.45) is 17.0. The lowest BCUT2D eigenvalue weighted by atomic mass is 9.33. The number of hydrogen-bond acceptors (Lipinski definition) is 4. The molecular formula is C112H136BClN4. The second-order valence-corrected chi connectivity index (χ2v) is 47.1. The maximum atomic E-state index is 7.92. The molecule has 0 aromatic heterocycles. The van der Waals surface area contributed by atoms with Gasteiger partial charge in [0.2, 0.25) is 0 Å². The van der Waals surface area contributed by atoms with E-state index in [1.54, 1.807) is 11.1 Å². The summed E-state index contributed by atoms with van der Waals surface area (Å²) in [5, 5.41) is 0.718. The highest BCUT2D eigenvalue weighted by molar-refractivity contribution is 7.00. The van der Waals surface area contributed by atoms with Gasteiger partial charge in [-0.25, -0.2) is 0 Å². The van der Waals surface area contributed by atoms with E-state index in [4.69, 9.17) is 11.6 Å². The predicted molar refractivity (Wildman–Crippen MR) is 511 cm³/mol. The predicted octanol–water partition coefficient (Wildman–Crippen LogP) is 30.4. The molecule has 2 aliphatic heterocycles. The van der Waals surface area contributed by atoms with Crippen LogP contribution in [0.2, 0.25) is 5.02 Å². The zero-order valence-electron chi connectivity index (χ0n) is 76.3. The van der Waals surface area contributed by atoms with Gasteiger partial charge in [-0.3, -0.25) is 0 Å². The highest BCUT2D eigenvalue weighted by Gasteiger charge is 2.54. The molecule has 0 spiro atoms. The Balaban J connectivity index is 0.000000169. The Morgan fingerprint density at radius 2 is 0.585 bits per heavy atom. The van der Waals surface area contributed by atoms with E-state index in [9.17, 15) is 0 Å². The van der Waals surface area contributed by atoms with Gasteiger partial charge in [0.05, 0.1) is 16.4 Å². The molecule has 10 aromatic carbocycles. The molecule has 0 unspecified atom stereocenters. The standard InChI is InChI=1S/C56H67BN2.C56H69ClN2/c1-52(2,3)38-16-20-43(21-17-38)58-47-22-18-39(53(4,5)6)30-45(47)57-46-31-40(56-32-35-24-36(33-56)26-37(25-35)34-56)19-23-48(46)59(50-15-13-14-49(58)51(50)57)44-28-41(54(7,8)9)27-42(29-44)55(10,11)12;1-52(2,3)40-16-22-45(23-17-40)58(46-24-18-41(19-25-46)53(4,5)6)49-14-13-15-50(51(49)57)59(48-32-43(54(7,8)9)31-44(33-48)55(10,11)12)47-26-20-42(21-27-47)56-34-37-28-38(35-56)30-39(29-37)36-56/h13-23,27-31,35-37H,24-26,32-34H2,1-12H3;13-27,31-33,37-39H,28-30,34-36H2,1-12H3. The maximum Gasteiger partial charge on any atom is 0.252 e. The summed E-state index contributed by atoms with van der Waals surface area (Å²) in [7, 11) is 0. The van der Waals surface area contributed by atoms with Crippen LogP contribution in [0.25, 0.3) is 0 Å². The fourth-order valence-corrected chi connectivity index (χ4v) is 23.7. The van der Waals surface area contributed by atoms with Crippen LogP contribution in [0.5, 0.6) is 0 Å². The molecule has 8 fully saturated rings. The van der Waals surface area contributed by atoms with Crippen molar-refractivity contribution in [3.8, 4) is 0 Å². The van der Waals surface area contributed by atoms with E-state index in [2.05, 4.69) is 392 Å². The van der Waals surface area contributed by atoms with Crippen molar-refractivity contribution in [2.75, 3.05) is 19.6 Å². The van der Waals surface area contributed by atoms with Gasteiger partial charge in [0, 0.05) is 56.9 Å². The van der Waals surface area contributed by atoms with E-state index < -0.39 is 0 Å². The minimum atomic E-state index is -0.0368. The quantitative estimate of drug-likeness (QED) is 0.127. The number of benzene rings is 10. The first-order chi connectivity index (χ1) is 55.3. The molecular weight excluding hydrogens is 1450 g/mol. The molecule has 0 atom stereocenters. The van der Waals surface area contributed by atoms with Crippen LogP contribution in [0.15, 0.2) is 206 Å². The second-order valence-electron chi connectivity index (χ2n) is 46.8. The SMILES string of the molecule is CC(C)(C)c1ccc(N(c2ccc(C(C)(C)C)cc2)c2cccc(N(c3ccc(C45CC6CC(CC(C6)C4)C5)cc3)c3cc(C(C)(C)C)cc(C(C)(C)C)c3)c2Cl)cc1.CC(C)(C)c1ccc(N2c3ccc(C(C)(C)C)cc3B3c4cc(C56CC7CC(CC(C7)C5)C6)ccc4N(c4cc(C(C)(C)C)cc(C(C)(C)C)c4)c4cccc2c43)cc1. The van der Waals surface area contributed by atoms with E-state index in [0.29, 0.717) is 10.8 Å². The van der Waals surface area contributed by atoms with Gasteiger partial charge in [0.25, 0.3) is 6.71 Å². The summed E-state index contributed by atoms with van der Waals surface area (Å²) in [6, 6.07) is 81.0. The van der Waals surface area contributed by atoms with Crippen molar-refractivity contribution in [2.24, 2.45) is 35.5 Å². The minimum absolute atomic E-state index is 0.00789. The van der Waals surface area contributed by atoms with Gasteiger partial charge in [-0.15, -0.1) is 0 Å². The van der Waals surface area contributed by atoms with E-state index in [0.717, 1.165) is 74.7 Å². The van der Waals surface area contributed by atoms with Crippen LogP contribution in [0.3, 0.4) is 0 Å². The fraction of sp³-hybridized carbons (Fsp3) is 0.464. The topological polar surface area (TPSA) is 13.0 Å². The van der Waals surface area contributed by atoms with Gasteiger partial charge in [0.1, 0.15) is 0 Å². The number of hydrogen-bond donors (Lipinski definition) is 0. The van der Waals surface area contributed by atoms with Crippen LogP contribution >= 0.6 is 11.6 Å². The lowest BCUT2D eigenvalue weighted by Crippen LogP contribution is -2.62. The Bertz CT molecular complexity index is 5250. The lowest BCUT2D eigenvalue weighted by Gasteiger charge is -2.57. The molecule has 10 aliphatic rings. The summed E-state index contributed by atoms with van der Waals surface area (Å²) in [5.41, 5.74) is 33.2. The van der Waals surface area contributed by atoms with Crippen molar-refractivity contribution < 1.29 is 0 Å². The lowest BCUT2D eigenvalue weighted by molar-refractivity contribution is -0.00528. The smallest absolute Gasteiger partial charge is 0.252 e. The van der Waals surface area contributed by atoms with Gasteiger partial charge in [-0.2, -0.15) is 0 Å². The summed E-state index contributed by atoms with van der Waals surface area (Å²) in [4.78, 5) is 10.0. The summed E-state index contributed by atoms with van der Waals surface area (Å²) >= 11 is 7.92. The van der Waals surface area contributed by atoms with E-state index in [1.807, 2.05) is 0 Å². The molecule has 6 heteroatoms. The number of halogens is 1. The first kappa shape index (κ1) is 82.1. The zero-order chi connectivity index (χ0) is 83.9. The first-order valence-corrected chi connectivity index (χ1v) is 45.8. The van der Waals surface area contributed by atoms with Crippen molar-refractivity contribution >= 4 is 103 Å². The Morgan fingerprint density at radius 1 is 0.280 bits per heavy atom. The van der Waals surface area contributed by atoms with Crippen LogP contribution in [0, 0.1) is 35.5 Å². The first-order valence-electron chi connectivity index (χ1n) is 45.4. The van der Waals surface area contributed by atoms with Crippen LogP contribution in [-0.2, 0) is 54.1 Å². The van der Waals surface area contributed by atoms with Gasteiger partial charge >= 0.3 is 0 Å². The third-order valence-corrected chi connectivity index (χ3v) is 29.9. The Labute approximate surface area is 717 Å². The fourth-order valence-electron chi connectivity index (χ4n) is 23.4. The molecule has 8 bridgehead atoms. The third kappa shape index (κ3) is 15.3. The normalized spacial score (nSPS) is 22.6. The molecule has 8 aliphatic carbocycles. The molecule has 8 saturated carbocycles. The van der Waals surface area contributed by atoms with Gasteiger partial charge in [0.15, 0.2) is 0 Å². The largest absolute Gasteiger partial charge is 0.311 e. The van der Waals surface area contributed by atoms with Crippen molar-refractivity contribution in [1.29, 1.82) is 0 Å². The van der Waals surface area contributed by atoms with E-state index in [1.165, 1.54) is 172 Å². The molecule has 118 heavy (non-hydrogen) atoms. The molecule has 0 N–H and O–H groups in total. The van der Waals surface area contributed by atoms with Crippen molar-refractivity contribution in [1.82, 2.24) is 0 Å². The maximum absolute atomic E-state index is 7.92. The summed E-state index contributed by atoms with van der Waals surface area (Å²) in [6.45, 7) is 56.0. The second kappa shape index (κ2) is 29.0. The van der Waals surface area contributed by atoms with Crippen LogP contribution in [0.1, 0.15) is 299 Å². The Morgan fingerprint density at radius 3 is 0.975 bits per heavy atom. The number of fused-ring (bicyclic) bond motifs is 4. The average molecular weight is 1580 g/mol. The zero-order valence-corrected chi connectivity index (χ0v) is 77.1.